The molecule has 0 aliphatic heterocycles. The first-order valence-corrected chi connectivity index (χ1v) is 6.52. The number of benzene rings is 1. The SMILES string of the molecule is CCn1nccc1CN[C@H](C)c1ccccc1C. The largest absolute Gasteiger partial charge is 0.305 e. The highest BCUT2D eigenvalue weighted by Crippen LogP contribution is 2.17. The Kier molecular flexibility index (Phi) is 4.15. The van der Waals surface area contributed by atoms with Crippen LogP contribution in [0, 0.1) is 6.92 Å². The number of hydrogen-bond donors (Lipinski definition) is 1. The van der Waals surface area contributed by atoms with Crippen LogP contribution in [0.2, 0.25) is 0 Å². The maximum absolute atomic E-state index is 4.28. The first-order valence-electron chi connectivity index (χ1n) is 6.52. The Morgan fingerprint density at radius 3 is 2.78 bits per heavy atom. The third-order valence-corrected chi connectivity index (χ3v) is 3.35. The van der Waals surface area contributed by atoms with Gasteiger partial charge < -0.3 is 5.32 Å². The molecule has 1 aromatic heterocycles. The van der Waals surface area contributed by atoms with Gasteiger partial charge >= 0.3 is 0 Å². The Hall–Kier alpha value is -1.61. The van der Waals surface area contributed by atoms with E-state index >= 15 is 0 Å². The molecule has 0 saturated carbocycles. The number of aromatic nitrogens is 2. The predicted molar refractivity (Wildman–Crippen MR) is 74.3 cm³/mol. The molecular formula is C15H21N3. The zero-order chi connectivity index (χ0) is 13.0. The third kappa shape index (κ3) is 2.79. The Labute approximate surface area is 109 Å². The summed E-state index contributed by atoms with van der Waals surface area (Å²) in [5.74, 6) is 0. The second-order valence-corrected chi connectivity index (χ2v) is 4.60. The molecule has 3 nitrogen and oxygen atoms in total. The zero-order valence-electron chi connectivity index (χ0n) is 11.4. The minimum Gasteiger partial charge on any atom is -0.305 e. The van der Waals surface area contributed by atoms with Crippen LogP contribution >= 0.6 is 0 Å². The van der Waals surface area contributed by atoms with Crippen molar-refractivity contribution in [3.63, 3.8) is 0 Å². The molecule has 96 valence electrons. The van der Waals surface area contributed by atoms with Crippen molar-refractivity contribution in [3.8, 4) is 0 Å². The van der Waals surface area contributed by atoms with Crippen LogP contribution in [0.4, 0.5) is 0 Å². The van der Waals surface area contributed by atoms with Gasteiger partial charge in [-0.05, 0) is 38.0 Å². The zero-order valence-corrected chi connectivity index (χ0v) is 11.4. The van der Waals surface area contributed by atoms with E-state index < -0.39 is 0 Å². The van der Waals surface area contributed by atoms with Crippen molar-refractivity contribution in [3.05, 3.63) is 53.3 Å². The van der Waals surface area contributed by atoms with Crippen molar-refractivity contribution in [1.29, 1.82) is 0 Å². The van der Waals surface area contributed by atoms with Crippen LogP contribution in [0.3, 0.4) is 0 Å². The van der Waals surface area contributed by atoms with Crippen LogP contribution in [-0.2, 0) is 13.1 Å². The first kappa shape index (κ1) is 12.8. The lowest BCUT2D eigenvalue weighted by molar-refractivity contribution is 0.530. The molecule has 2 aromatic rings. The van der Waals surface area contributed by atoms with E-state index in [0.717, 1.165) is 13.1 Å². The second-order valence-electron chi connectivity index (χ2n) is 4.60. The molecule has 0 amide bonds. The van der Waals surface area contributed by atoms with Gasteiger partial charge in [0.25, 0.3) is 0 Å². The molecule has 1 N–H and O–H groups in total. The van der Waals surface area contributed by atoms with Crippen molar-refractivity contribution in [2.24, 2.45) is 0 Å². The van der Waals surface area contributed by atoms with Gasteiger partial charge in [-0.3, -0.25) is 4.68 Å². The van der Waals surface area contributed by atoms with E-state index in [1.807, 2.05) is 10.9 Å². The van der Waals surface area contributed by atoms with Crippen LogP contribution in [0.15, 0.2) is 36.5 Å². The van der Waals surface area contributed by atoms with Gasteiger partial charge in [-0.15, -0.1) is 0 Å². The van der Waals surface area contributed by atoms with Crippen molar-refractivity contribution < 1.29 is 0 Å². The number of nitrogens with one attached hydrogen (secondary N) is 1. The molecule has 0 radical (unpaired) electrons. The fourth-order valence-electron chi connectivity index (χ4n) is 2.24. The minimum absolute atomic E-state index is 0.353. The first-order chi connectivity index (χ1) is 8.72. The molecule has 1 aromatic carbocycles. The number of nitrogens with zero attached hydrogens (tertiary/aromatic N) is 2. The van der Waals surface area contributed by atoms with E-state index in [-0.39, 0.29) is 0 Å². The highest BCUT2D eigenvalue weighted by atomic mass is 15.3. The van der Waals surface area contributed by atoms with Gasteiger partial charge in [-0.25, -0.2) is 0 Å². The molecule has 0 aliphatic rings. The lowest BCUT2D eigenvalue weighted by Crippen LogP contribution is -2.20. The van der Waals surface area contributed by atoms with Gasteiger partial charge in [0.15, 0.2) is 0 Å². The summed E-state index contributed by atoms with van der Waals surface area (Å²) < 4.78 is 2.03. The monoisotopic (exact) mass is 243 g/mol. The van der Waals surface area contributed by atoms with Crippen LogP contribution in [0.1, 0.15) is 36.7 Å². The summed E-state index contributed by atoms with van der Waals surface area (Å²) in [7, 11) is 0. The Bertz CT molecular complexity index is 502. The van der Waals surface area contributed by atoms with Gasteiger partial charge in [-0.1, -0.05) is 24.3 Å². The number of hydrogen-bond acceptors (Lipinski definition) is 2. The van der Waals surface area contributed by atoms with Crippen molar-refractivity contribution in [1.82, 2.24) is 15.1 Å². The molecule has 0 unspecified atom stereocenters. The highest BCUT2D eigenvalue weighted by Gasteiger charge is 2.08. The second kappa shape index (κ2) is 5.83. The summed E-state index contributed by atoms with van der Waals surface area (Å²) >= 11 is 0. The topological polar surface area (TPSA) is 29.9 Å². The normalized spacial score (nSPS) is 12.6. The molecule has 0 saturated heterocycles. The average Bonchev–Trinajstić information content (AvgIpc) is 2.84. The van der Waals surface area contributed by atoms with E-state index in [4.69, 9.17) is 0 Å². The highest BCUT2D eigenvalue weighted by molar-refractivity contribution is 5.28. The molecule has 0 spiro atoms. The van der Waals surface area contributed by atoms with Crippen LogP contribution in [0.25, 0.3) is 0 Å². The quantitative estimate of drug-likeness (QED) is 0.874. The maximum atomic E-state index is 4.28. The van der Waals surface area contributed by atoms with Crippen LogP contribution < -0.4 is 5.32 Å². The van der Waals surface area contributed by atoms with E-state index in [2.05, 4.69) is 61.5 Å². The van der Waals surface area contributed by atoms with Gasteiger partial charge in [0.05, 0.1) is 5.69 Å². The smallest absolute Gasteiger partial charge is 0.0522 e. The fourth-order valence-corrected chi connectivity index (χ4v) is 2.24. The fraction of sp³-hybridized carbons (Fsp3) is 0.400. The van der Waals surface area contributed by atoms with Crippen LogP contribution in [-0.4, -0.2) is 9.78 Å². The maximum Gasteiger partial charge on any atom is 0.0522 e. The summed E-state index contributed by atoms with van der Waals surface area (Å²) in [5.41, 5.74) is 3.93. The minimum atomic E-state index is 0.353. The number of rotatable bonds is 5. The third-order valence-electron chi connectivity index (χ3n) is 3.35. The van der Waals surface area contributed by atoms with Crippen LogP contribution in [0.5, 0.6) is 0 Å². The molecule has 3 heteroatoms. The summed E-state index contributed by atoms with van der Waals surface area (Å²) in [6, 6.07) is 10.9. The lowest BCUT2D eigenvalue weighted by Gasteiger charge is -2.16. The molecule has 0 aliphatic carbocycles. The summed E-state index contributed by atoms with van der Waals surface area (Å²) in [5, 5.41) is 7.84. The Balaban J connectivity index is 2.01. The summed E-state index contributed by atoms with van der Waals surface area (Å²) in [6.07, 6.45) is 1.86. The Morgan fingerprint density at radius 2 is 2.06 bits per heavy atom. The molecule has 0 bridgehead atoms. The van der Waals surface area contributed by atoms with E-state index in [9.17, 15) is 0 Å². The molecule has 1 atom stereocenters. The van der Waals surface area contributed by atoms with E-state index in [0.29, 0.717) is 6.04 Å². The van der Waals surface area contributed by atoms with Gasteiger partial charge in [0.2, 0.25) is 0 Å². The molecular weight excluding hydrogens is 222 g/mol. The van der Waals surface area contributed by atoms with Crippen molar-refractivity contribution in [2.75, 3.05) is 0 Å². The lowest BCUT2D eigenvalue weighted by atomic mass is 10.0. The van der Waals surface area contributed by atoms with E-state index in [1.165, 1.54) is 16.8 Å². The molecule has 2 rings (SSSR count). The van der Waals surface area contributed by atoms with Gasteiger partial charge in [0, 0.05) is 25.3 Å². The number of aryl methyl sites for hydroxylation is 2. The Morgan fingerprint density at radius 1 is 1.28 bits per heavy atom. The average molecular weight is 243 g/mol. The summed E-state index contributed by atoms with van der Waals surface area (Å²) in [6.45, 7) is 8.24. The summed E-state index contributed by atoms with van der Waals surface area (Å²) in [4.78, 5) is 0. The van der Waals surface area contributed by atoms with E-state index in [1.54, 1.807) is 0 Å². The molecule has 0 fully saturated rings. The molecule has 18 heavy (non-hydrogen) atoms. The van der Waals surface area contributed by atoms with Crippen molar-refractivity contribution in [2.45, 2.75) is 39.9 Å². The van der Waals surface area contributed by atoms with Gasteiger partial charge in [0.1, 0.15) is 0 Å². The van der Waals surface area contributed by atoms with Gasteiger partial charge in [-0.2, -0.15) is 5.10 Å². The molecule has 1 heterocycles. The van der Waals surface area contributed by atoms with Crippen molar-refractivity contribution >= 4 is 0 Å². The predicted octanol–water partition coefficient (Wildman–Crippen LogP) is 3.06. The standard InChI is InChI=1S/C15H21N3/c1-4-18-14(9-10-17-18)11-16-13(3)15-8-6-5-7-12(15)2/h5-10,13,16H,4,11H2,1-3H3/t13-/m1/s1.